The Bertz CT molecular complexity index is 1580. The lowest BCUT2D eigenvalue weighted by molar-refractivity contribution is -0.136. The Morgan fingerprint density at radius 2 is 1.83 bits per heavy atom. The molecule has 3 aliphatic heterocycles. The van der Waals surface area contributed by atoms with E-state index < -0.39 is 28.9 Å². The lowest BCUT2D eigenvalue weighted by Crippen LogP contribution is -2.43. The number of aromatic hydroxyl groups is 1. The zero-order chi connectivity index (χ0) is 28.8. The molecule has 41 heavy (non-hydrogen) atoms. The Labute approximate surface area is 248 Å². The molecule has 6 rings (SSSR count). The van der Waals surface area contributed by atoms with Crippen molar-refractivity contribution >= 4 is 58.1 Å². The van der Waals surface area contributed by atoms with Gasteiger partial charge in [0.1, 0.15) is 11.8 Å². The number of hydrogen-bond acceptors (Lipinski definition) is 9. The third kappa shape index (κ3) is 4.92. The predicted octanol–water partition coefficient (Wildman–Crippen LogP) is 3.32. The molecule has 0 bridgehead atoms. The lowest BCUT2D eigenvalue weighted by Gasteiger charge is -2.31. The first-order valence-corrected chi connectivity index (χ1v) is 15.2. The topological polar surface area (TPSA) is 118 Å². The van der Waals surface area contributed by atoms with Crippen LogP contribution in [0.15, 0.2) is 52.3 Å². The van der Waals surface area contributed by atoms with Crippen molar-refractivity contribution in [3.8, 4) is 11.5 Å². The number of rotatable bonds is 6. The summed E-state index contributed by atoms with van der Waals surface area (Å²) in [4.78, 5) is 57.4. The standard InChI is InChI=1S/C28H26ClN3O7S2/c1-2-39-19-13-15(3-8-18(19)33)21-22-23(26(36)32(25(22)35)17-6-4-16(29)5-7-17)40-27-24(21)41-28(37)31(27)14-20(34)30-9-11-38-12-10-30/h3-8,13,21-23,33H,2,9-12,14H2,1H3/t21-,22?,23?/m0/s1. The van der Waals surface area contributed by atoms with Gasteiger partial charge in [0, 0.05) is 28.9 Å². The van der Waals surface area contributed by atoms with Crippen LogP contribution in [0.1, 0.15) is 23.3 Å². The van der Waals surface area contributed by atoms with Crippen LogP contribution in [0.4, 0.5) is 5.69 Å². The Hall–Kier alpha value is -3.32. The van der Waals surface area contributed by atoms with Crippen LogP contribution in [0, 0.1) is 5.92 Å². The number of aromatic nitrogens is 1. The molecule has 10 nitrogen and oxygen atoms in total. The molecule has 0 spiro atoms. The van der Waals surface area contributed by atoms with Gasteiger partial charge in [0.05, 0.1) is 36.5 Å². The first-order valence-electron chi connectivity index (χ1n) is 13.1. The average Bonchev–Trinajstić information content (AvgIpc) is 3.41. The molecule has 3 aliphatic rings. The monoisotopic (exact) mass is 615 g/mol. The molecule has 0 saturated carbocycles. The number of benzene rings is 2. The molecular formula is C28H26ClN3O7S2. The van der Waals surface area contributed by atoms with Crippen LogP contribution in [-0.4, -0.2) is 70.5 Å². The van der Waals surface area contributed by atoms with Crippen LogP contribution < -0.4 is 14.5 Å². The van der Waals surface area contributed by atoms with E-state index in [1.807, 2.05) is 0 Å². The van der Waals surface area contributed by atoms with Crippen molar-refractivity contribution < 1.29 is 29.0 Å². The van der Waals surface area contributed by atoms with Crippen molar-refractivity contribution in [1.82, 2.24) is 9.47 Å². The zero-order valence-corrected chi connectivity index (χ0v) is 24.3. The number of nitrogens with zero attached hydrogens (tertiary/aromatic N) is 3. The van der Waals surface area contributed by atoms with Gasteiger partial charge in [-0.2, -0.15) is 0 Å². The molecule has 3 aromatic rings. The molecule has 2 saturated heterocycles. The van der Waals surface area contributed by atoms with Gasteiger partial charge in [-0.25, -0.2) is 4.90 Å². The number of fused-ring (bicyclic) bond motifs is 2. The summed E-state index contributed by atoms with van der Waals surface area (Å²) in [5.74, 6) is -2.34. The van der Waals surface area contributed by atoms with E-state index in [0.717, 1.165) is 23.1 Å². The Kier molecular flexibility index (Phi) is 7.58. The summed E-state index contributed by atoms with van der Waals surface area (Å²) in [6.07, 6.45) is 0. The van der Waals surface area contributed by atoms with Crippen LogP contribution in [0.2, 0.25) is 5.02 Å². The molecule has 214 valence electrons. The van der Waals surface area contributed by atoms with E-state index in [-0.39, 0.29) is 28.8 Å². The second kappa shape index (κ2) is 11.2. The molecule has 2 unspecified atom stereocenters. The average molecular weight is 616 g/mol. The maximum atomic E-state index is 14.0. The predicted molar refractivity (Wildman–Crippen MR) is 154 cm³/mol. The summed E-state index contributed by atoms with van der Waals surface area (Å²) in [5, 5.41) is 10.5. The number of anilines is 1. The van der Waals surface area contributed by atoms with Crippen molar-refractivity contribution in [2.45, 2.75) is 29.7 Å². The summed E-state index contributed by atoms with van der Waals surface area (Å²) in [5.41, 5.74) is 1.02. The minimum absolute atomic E-state index is 0.0592. The van der Waals surface area contributed by atoms with E-state index in [2.05, 4.69) is 0 Å². The highest BCUT2D eigenvalue weighted by Crippen LogP contribution is 2.54. The largest absolute Gasteiger partial charge is 0.504 e. The second-order valence-electron chi connectivity index (χ2n) is 9.81. The maximum absolute atomic E-state index is 14.0. The van der Waals surface area contributed by atoms with Gasteiger partial charge in [-0.3, -0.25) is 23.7 Å². The number of morpholine rings is 1. The summed E-state index contributed by atoms with van der Waals surface area (Å²) in [7, 11) is 0. The minimum atomic E-state index is -0.834. The van der Waals surface area contributed by atoms with Crippen molar-refractivity contribution in [3.05, 3.63) is 67.6 Å². The molecule has 1 aromatic heterocycles. The van der Waals surface area contributed by atoms with Gasteiger partial charge in [0.15, 0.2) is 11.5 Å². The van der Waals surface area contributed by atoms with Crippen LogP contribution in [0.3, 0.4) is 0 Å². The highest BCUT2D eigenvalue weighted by molar-refractivity contribution is 8.00. The smallest absolute Gasteiger partial charge is 0.308 e. The van der Waals surface area contributed by atoms with Crippen molar-refractivity contribution in [1.29, 1.82) is 0 Å². The normalized spacial score (nSPS) is 22.0. The van der Waals surface area contributed by atoms with E-state index in [0.29, 0.717) is 59.1 Å². The van der Waals surface area contributed by atoms with E-state index >= 15 is 0 Å². The van der Waals surface area contributed by atoms with Crippen LogP contribution in [0.25, 0.3) is 0 Å². The van der Waals surface area contributed by atoms with E-state index in [1.165, 1.54) is 15.5 Å². The third-order valence-corrected chi connectivity index (χ3v) is 10.3. The number of phenols is 1. The van der Waals surface area contributed by atoms with Crippen LogP contribution >= 0.6 is 34.7 Å². The van der Waals surface area contributed by atoms with E-state index in [9.17, 15) is 24.3 Å². The molecule has 4 heterocycles. The SMILES string of the molecule is CCOc1cc([C@@H]2c3sc(=O)n(CC(=O)N4CCOCC4)c3SC3C(=O)N(c4ccc(Cl)cc4)C(=O)C32)ccc1O. The number of amides is 3. The molecule has 3 atom stereocenters. The summed E-state index contributed by atoms with van der Waals surface area (Å²) < 4.78 is 12.4. The van der Waals surface area contributed by atoms with Gasteiger partial charge in [-0.15, -0.1) is 0 Å². The number of ether oxygens (including phenoxy) is 2. The number of hydrogen-bond donors (Lipinski definition) is 1. The second-order valence-corrected chi connectivity index (χ2v) is 12.4. The summed E-state index contributed by atoms with van der Waals surface area (Å²) in [6, 6.07) is 11.3. The third-order valence-electron chi connectivity index (χ3n) is 7.43. The Morgan fingerprint density at radius 1 is 1.10 bits per heavy atom. The number of carbonyl (C=O) groups is 3. The van der Waals surface area contributed by atoms with Crippen molar-refractivity contribution in [2.24, 2.45) is 5.92 Å². The molecule has 2 fully saturated rings. The Balaban J connectivity index is 1.45. The number of imide groups is 1. The number of halogens is 1. The number of thiazole rings is 1. The van der Waals surface area contributed by atoms with Gasteiger partial charge in [-0.05, 0) is 48.9 Å². The highest BCUT2D eigenvalue weighted by Gasteiger charge is 2.57. The maximum Gasteiger partial charge on any atom is 0.308 e. The molecular weight excluding hydrogens is 590 g/mol. The van der Waals surface area contributed by atoms with E-state index in [1.54, 1.807) is 48.2 Å². The lowest BCUT2D eigenvalue weighted by atomic mass is 9.83. The first-order chi connectivity index (χ1) is 19.8. The van der Waals surface area contributed by atoms with E-state index in [4.69, 9.17) is 21.1 Å². The summed E-state index contributed by atoms with van der Waals surface area (Å²) in [6.45, 7) is 3.67. The first kappa shape index (κ1) is 27.8. The molecule has 3 amide bonds. The molecule has 1 N–H and O–H groups in total. The van der Waals surface area contributed by atoms with Gasteiger partial charge in [0.2, 0.25) is 17.7 Å². The fourth-order valence-corrected chi connectivity index (χ4v) is 8.40. The number of carbonyl (C=O) groups excluding carboxylic acids is 3. The van der Waals surface area contributed by atoms with Gasteiger partial charge < -0.3 is 19.5 Å². The summed E-state index contributed by atoms with van der Waals surface area (Å²) >= 11 is 8.18. The highest BCUT2D eigenvalue weighted by atomic mass is 35.5. The van der Waals surface area contributed by atoms with Gasteiger partial charge >= 0.3 is 4.87 Å². The van der Waals surface area contributed by atoms with Crippen LogP contribution in [0.5, 0.6) is 11.5 Å². The quantitative estimate of drug-likeness (QED) is 0.420. The van der Waals surface area contributed by atoms with Crippen molar-refractivity contribution in [3.63, 3.8) is 0 Å². The number of phenolic OH excluding ortho intramolecular Hbond substituents is 1. The molecule has 0 aliphatic carbocycles. The molecule has 0 radical (unpaired) electrons. The fraction of sp³-hybridized carbons (Fsp3) is 0.357. The number of thioether (sulfide) groups is 1. The molecule has 13 heteroatoms. The van der Waals surface area contributed by atoms with Crippen molar-refractivity contribution in [2.75, 3.05) is 37.8 Å². The Morgan fingerprint density at radius 3 is 2.54 bits per heavy atom. The van der Waals surface area contributed by atoms with Gasteiger partial charge in [0.25, 0.3) is 0 Å². The fourth-order valence-electron chi connectivity index (χ4n) is 5.50. The zero-order valence-electron chi connectivity index (χ0n) is 21.9. The van der Waals surface area contributed by atoms with Crippen LogP contribution in [-0.2, 0) is 25.7 Å². The molecule has 2 aromatic carbocycles. The minimum Gasteiger partial charge on any atom is -0.504 e. The van der Waals surface area contributed by atoms with Gasteiger partial charge in [-0.1, -0.05) is 40.8 Å².